The molecule has 1 N–H and O–H groups in total. The Hall–Kier alpha value is -2.12. The number of nitrogens with zero attached hydrogens (tertiary/aromatic N) is 2. The molecule has 0 aromatic heterocycles. The molecule has 7 heteroatoms. The summed E-state index contributed by atoms with van der Waals surface area (Å²) in [7, 11) is 0. The number of hydrogen-bond acceptors (Lipinski definition) is 5. The number of likely N-dealkylation sites (tertiary alicyclic amines) is 2. The minimum atomic E-state index is -0.369. The summed E-state index contributed by atoms with van der Waals surface area (Å²) in [6.07, 6.45) is 1.72. The number of nitrogens with one attached hydrogen (secondary N) is 1. The zero-order valence-electron chi connectivity index (χ0n) is 19.4. The van der Waals surface area contributed by atoms with Crippen molar-refractivity contribution in [2.45, 2.75) is 45.3 Å². The summed E-state index contributed by atoms with van der Waals surface area (Å²) in [6.45, 7) is 10.1. The number of ether oxygens (including phenoxy) is 2. The minimum Gasteiger partial charge on any atom is -0.444 e. The van der Waals surface area contributed by atoms with E-state index in [-0.39, 0.29) is 18.2 Å². The molecule has 4 rings (SSSR count). The molecule has 0 spiro atoms. The van der Waals surface area contributed by atoms with Gasteiger partial charge in [-0.25, -0.2) is 4.79 Å². The van der Waals surface area contributed by atoms with Gasteiger partial charge in [0.05, 0.1) is 19.3 Å². The van der Waals surface area contributed by atoms with Gasteiger partial charge in [-0.2, -0.15) is 0 Å². The number of alkyl carbamates (subject to hydrolysis) is 1. The standard InChI is InChI=1S/C25H37N3O4/c1-18(2)12-24(29)28-15-20-13-27(14-21(20)16-28)10-8-23(19-6-4-3-5-7-19)26-25(30)32-22-9-11-31-17-22/h3-7,18,20-23H,8-17H2,1-2H3,(H,26,30)/t20-,21?,22?,23?/m0/s1. The highest BCUT2D eigenvalue weighted by atomic mass is 16.6. The summed E-state index contributed by atoms with van der Waals surface area (Å²) < 4.78 is 10.8. The summed E-state index contributed by atoms with van der Waals surface area (Å²) in [4.78, 5) is 29.5. The number of fused-ring (bicyclic) bond motifs is 1. The lowest BCUT2D eigenvalue weighted by Gasteiger charge is -2.25. The third-order valence-corrected chi connectivity index (χ3v) is 6.89. The molecule has 4 atom stereocenters. The van der Waals surface area contributed by atoms with Crippen LogP contribution < -0.4 is 5.32 Å². The zero-order chi connectivity index (χ0) is 22.5. The van der Waals surface area contributed by atoms with Crippen LogP contribution in [0.25, 0.3) is 0 Å². The Labute approximate surface area is 191 Å². The van der Waals surface area contributed by atoms with E-state index in [0.717, 1.165) is 51.1 Å². The van der Waals surface area contributed by atoms with E-state index < -0.39 is 0 Å². The molecule has 3 heterocycles. The fourth-order valence-electron chi connectivity index (χ4n) is 5.21. The fourth-order valence-corrected chi connectivity index (χ4v) is 5.21. The van der Waals surface area contributed by atoms with Crippen LogP contribution in [-0.4, -0.2) is 73.8 Å². The molecule has 0 saturated carbocycles. The van der Waals surface area contributed by atoms with Gasteiger partial charge in [0.2, 0.25) is 5.91 Å². The summed E-state index contributed by atoms with van der Waals surface area (Å²) in [5.74, 6) is 1.86. The first-order chi connectivity index (χ1) is 15.5. The van der Waals surface area contributed by atoms with E-state index in [2.05, 4.69) is 41.1 Å². The fraction of sp³-hybridized carbons (Fsp3) is 0.680. The Kier molecular flexibility index (Phi) is 7.68. The van der Waals surface area contributed by atoms with Gasteiger partial charge >= 0.3 is 6.09 Å². The van der Waals surface area contributed by atoms with Crippen molar-refractivity contribution in [1.82, 2.24) is 15.1 Å². The molecule has 3 aliphatic rings. The van der Waals surface area contributed by atoms with Crippen molar-refractivity contribution in [3.8, 4) is 0 Å². The third kappa shape index (κ3) is 6.01. The molecule has 7 nitrogen and oxygen atoms in total. The maximum absolute atomic E-state index is 12.5. The van der Waals surface area contributed by atoms with Crippen LogP contribution in [0, 0.1) is 17.8 Å². The zero-order valence-corrected chi connectivity index (χ0v) is 19.4. The number of hydrogen-bond donors (Lipinski definition) is 1. The van der Waals surface area contributed by atoms with Crippen LogP contribution in [0.3, 0.4) is 0 Å². The summed E-state index contributed by atoms with van der Waals surface area (Å²) in [6, 6.07) is 10.0. The summed E-state index contributed by atoms with van der Waals surface area (Å²) >= 11 is 0. The first kappa shape index (κ1) is 23.1. The highest BCUT2D eigenvalue weighted by Crippen LogP contribution is 2.32. The first-order valence-corrected chi connectivity index (χ1v) is 12.1. The Morgan fingerprint density at radius 2 is 1.84 bits per heavy atom. The van der Waals surface area contributed by atoms with E-state index in [4.69, 9.17) is 9.47 Å². The van der Waals surface area contributed by atoms with Crippen molar-refractivity contribution in [2.24, 2.45) is 17.8 Å². The van der Waals surface area contributed by atoms with Gasteiger partial charge in [-0.1, -0.05) is 44.2 Å². The van der Waals surface area contributed by atoms with Crippen LogP contribution in [-0.2, 0) is 14.3 Å². The maximum atomic E-state index is 12.5. The minimum absolute atomic E-state index is 0.0874. The Morgan fingerprint density at radius 3 is 2.47 bits per heavy atom. The highest BCUT2D eigenvalue weighted by Gasteiger charge is 2.41. The molecular weight excluding hydrogens is 406 g/mol. The van der Waals surface area contributed by atoms with Crippen molar-refractivity contribution >= 4 is 12.0 Å². The second-order valence-electron chi connectivity index (χ2n) is 9.96. The van der Waals surface area contributed by atoms with Crippen molar-refractivity contribution in [3.63, 3.8) is 0 Å². The molecule has 1 aromatic rings. The van der Waals surface area contributed by atoms with Crippen molar-refractivity contribution in [1.29, 1.82) is 0 Å². The van der Waals surface area contributed by atoms with E-state index in [1.165, 1.54) is 0 Å². The van der Waals surface area contributed by atoms with E-state index >= 15 is 0 Å². The molecule has 3 unspecified atom stereocenters. The van der Waals surface area contributed by atoms with Crippen LogP contribution in [0.4, 0.5) is 4.79 Å². The number of amides is 2. The molecule has 0 aliphatic carbocycles. The van der Waals surface area contributed by atoms with Gasteiger partial charge in [-0.15, -0.1) is 0 Å². The van der Waals surface area contributed by atoms with Crippen LogP contribution in [0.1, 0.15) is 44.7 Å². The van der Waals surface area contributed by atoms with Crippen LogP contribution >= 0.6 is 0 Å². The predicted octanol–water partition coefficient (Wildman–Crippen LogP) is 3.07. The number of rotatable bonds is 8. The van der Waals surface area contributed by atoms with E-state index in [1.54, 1.807) is 0 Å². The molecule has 3 aliphatic heterocycles. The molecular formula is C25H37N3O4. The summed E-state index contributed by atoms with van der Waals surface area (Å²) in [5, 5.41) is 3.08. The van der Waals surface area contributed by atoms with Gasteiger partial charge in [-0.05, 0) is 29.7 Å². The summed E-state index contributed by atoms with van der Waals surface area (Å²) in [5.41, 5.74) is 1.09. The Balaban J connectivity index is 1.27. The topological polar surface area (TPSA) is 71.1 Å². The molecule has 3 fully saturated rings. The SMILES string of the molecule is CC(C)CC(=O)N1CC2CN(CCC(NC(=O)OC3CCOC3)c3ccccc3)C[C@H]2C1. The highest BCUT2D eigenvalue weighted by molar-refractivity contribution is 5.76. The van der Waals surface area contributed by atoms with Crippen molar-refractivity contribution in [2.75, 3.05) is 45.9 Å². The average molecular weight is 444 g/mol. The molecule has 0 radical (unpaired) electrons. The molecule has 0 bridgehead atoms. The lowest BCUT2D eigenvalue weighted by atomic mass is 10.0. The quantitative estimate of drug-likeness (QED) is 0.669. The molecule has 32 heavy (non-hydrogen) atoms. The maximum Gasteiger partial charge on any atom is 0.407 e. The average Bonchev–Trinajstić information content (AvgIpc) is 3.48. The molecule has 3 saturated heterocycles. The largest absolute Gasteiger partial charge is 0.444 e. The van der Waals surface area contributed by atoms with E-state index in [9.17, 15) is 9.59 Å². The Morgan fingerprint density at radius 1 is 1.12 bits per heavy atom. The third-order valence-electron chi connectivity index (χ3n) is 6.89. The second-order valence-corrected chi connectivity index (χ2v) is 9.96. The first-order valence-electron chi connectivity index (χ1n) is 12.1. The van der Waals surface area contributed by atoms with Gasteiger partial charge < -0.3 is 24.6 Å². The van der Waals surface area contributed by atoms with Gasteiger partial charge in [0, 0.05) is 45.6 Å². The second kappa shape index (κ2) is 10.7. The predicted molar refractivity (Wildman–Crippen MR) is 122 cm³/mol. The molecule has 1 aromatic carbocycles. The van der Waals surface area contributed by atoms with Crippen molar-refractivity contribution < 1.29 is 19.1 Å². The van der Waals surface area contributed by atoms with Crippen LogP contribution in [0.15, 0.2) is 30.3 Å². The van der Waals surface area contributed by atoms with E-state index in [0.29, 0.717) is 43.3 Å². The molecule has 2 amide bonds. The van der Waals surface area contributed by atoms with E-state index in [1.807, 2.05) is 18.2 Å². The number of carbonyl (C=O) groups is 2. The van der Waals surface area contributed by atoms with Gasteiger partial charge in [0.15, 0.2) is 0 Å². The number of carbonyl (C=O) groups excluding carboxylic acids is 2. The van der Waals surface area contributed by atoms with Gasteiger partial charge in [0.1, 0.15) is 6.10 Å². The van der Waals surface area contributed by atoms with Gasteiger partial charge in [0.25, 0.3) is 0 Å². The normalized spacial score (nSPS) is 26.3. The van der Waals surface area contributed by atoms with Crippen LogP contribution in [0.2, 0.25) is 0 Å². The Bertz CT molecular complexity index is 752. The van der Waals surface area contributed by atoms with Crippen molar-refractivity contribution in [3.05, 3.63) is 35.9 Å². The van der Waals surface area contributed by atoms with Gasteiger partial charge in [-0.3, -0.25) is 4.79 Å². The monoisotopic (exact) mass is 443 g/mol. The van der Waals surface area contributed by atoms with Crippen LogP contribution in [0.5, 0.6) is 0 Å². The number of benzene rings is 1. The lowest BCUT2D eigenvalue weighted by Crippen LogP contribution is -2.36. The lowest BCUT2D eigenvalue weighted by molar-refractivity contribution is -0.131. The smallest absolute Gasteiger partial charge is 0.407 e. The molecule has 176 valence electrons.